The summed E-state index contributed by atoms with van der Waals surface area (Å²) in [5, 5.41) is 19.1. The lowest BCUT2D eigenvalue weighted by molar-refractivity contribution is -0.0316. The fraction of sp³-hybridized carbons (Fsp3) is 1.00. The summed E-state index contributed by atoms with van der Waals surface area (Å²) in [4.78, 5) is 2.49. The van der Waals surface area contributed by atoms with Crippen LogP contribution in [0.3, 0.4) is 0 Å². The van der Waals surface area contributed by atoms with E-state index in [9.17, 15) is 5.11 Å². The van der Waals surface area contributed by atoms with Gasteiger partial charge in [-0.05, 0) is 37.5 Å². The highest BCUT2D eigenvalue weighted by Crippen LogP contribution is 2.34. The number of hydrogen-bond acceptors (Lipinski definition) is 4. The van der Waals surface area contributed by atoms with E-state index in [4.69, 9.17) is 9.84 Å². The van der Waals surface area contributed by atoms with Crippen LogP contribution >= 0.6 is 0 Å². The van der Waals surface area contributed by atoms with Crippen LogP contribution in [0.1, 0.15) is 39.5 Å². The van der Waals surface area contributed by atoms with Gasteiger partial charge in [-0.2, -0.15) is 0 Å². The van der Waals surface area contributed by atoms with Gasteiger partial charge < -0.3 is 19.8 Å². The quantitative estimate of drug-likeness (QED) is 0.804. The standard InChI is InChI=1S/C16H31NO3/c1-12-9-13(2)15(16(19)10-12)11-17-5-3-14(4-6-17)20-8-7-18/h12-16,18-19H,3-11H2,1-2H3. The Balaban J connectivity index is 1.74. The SMILES string of the molecule is CC1CC(C)C(CN2CCC(OCCO)CC2)C(O)C1. The fourth-order valence-corrected chi connectivity index (χ4v) is 3.95. The number of hydrogen-bond donors (Lipinski definition) is 2. The number of nitrogens with zero attached hydrogens (tertiary/aromatic N) is 1. The number of ether oxygens (including phenoxy) is 1. The second-order valence-electron chi connectivity index (χ2n) is 6.88. The molecule has 0 spiro atoms. The maximum absolute atomic E-state index is 10.3. The second kappa shape index (κ2) is 7.74. The zero-order chi connectivity index (χ0) is 14.5. The minimum absolute atomic E-state index is 0.115. The van der Waals surface area contributed by atoms with Crippen molar-refractivity contribution in [3.05, 3.63) is 0 Å². The van der Waals surface area contributed by atoms with E-state index in [0.717, 1.165) is 38.9 Å². The maximum Gasteiger partial charge on any atom is 0.0701 e. The predicted molar refractivity (Wildman–Crippen MR) is 79.6 cm³/mol. The molecular formula is C16H31NO3. The summed E-state index contributed by atoms with van der Waals surface area (Å²) in [6.07, 6.45) is 4.49. The highest BCUT2D eigenvalue weighted by atomic mass is 16.5. The summed E-state index contributed by atoms with van der Waals surface area (Å²) in [5.74, 6) is 1.71. The van der Waals surface area contributed by atoms with E-state index in [1.807, 2.05) is 0 Å². The van der Waals surface area contributed by atoms with Crippen molar-refractivity contribution < 1.29 is 14.9 Å². The molecule has 0 aromatic rings. The summed E-state index contributed by atoms with van der Waals surface area (Å²) in [6.45, 7) is 8.26. The Labute approximate surface area is 123 Å². The molecule has 0 bridgehead atoms. The van der Waals surface area contributed by atoms with Gasteiger partial charge in [-0.25, -0.2) is 0 Å². The number of piperidine rings is 1. The molecule has 4 nitrogen and oxygen atoms in total. The molecule has 0 aromatic heterocycles. The molecular weight excluding hydrogens is 254 g/mol. The molecule has 1 saturated heterocycles. The first-order valence-corrected chi connectivity index (χ1v) is 8.23. The molecule has 1 saturated carbocycles. The van der Waals surface area contributed by atoms with E-state index < -0.39 is 0 Å². The fourth-order valence-electron chi connectivity index (χ4n) is 3.95. The van der Waals surface area contributed by atoms with Gasteiger partial charge in [0.15, 0.2) is 0 Å². The minimum atomic E-state index is -0.128. The van der Waals surface area contributed by atoms with Gasteiger partial charge in [-0.1, -0.05) is 13.8 Å². The van der Waals surface area contributed by atoms with Crippen LogP contribution in [0.25, 0.3) is 0 Å². The first-order chi connectivity index (χ1) is 9.60. The van der Waals surface area contributed by atoms with Crippen molar-refractivity contribution in [2.24, 2.45) is 17.8 Å². The summed E-state index contributed by atoms with van der Waals surface area (Å²) in [6, 6.07) is 0. The van der Waals surface area contributed by atoms with Crippen molar-refractivity contribution in [1.29, 1.82) is 0 Å². The minimum Gasteiger partial charge on any atom is -0.394 e. The van der Waals surface area contributed by atoms with Crippen molar-refractivity contribution in [1.82, 2.24) is 4.90 Å². The molecule has 2 aliphatic rings. The van der Waals surface area contributed by atoms with Crippen LogP contribution in [0.2, 0.25) is 0 Å². The summed E-state index contributed by atoms with van der Waals surface area (Å²) in [7, 11) is 0. The lowest BCUT2D eigenvalue weighted by Gasteiger charge is -2.41. The van der Waals surface area contributed by atoms with Crippen molar-refractivity contribution in [2.45, 2.75) is 51.7 Å². The molecule has 2 fully saturated rings. The van der Waals surface area contributed by atoms with Gasteiger partial charge in [0.05, 0.1) is 25.4 Å². The van der Waals surface area contributed by atoms with Crippen molar-refractivity contribution in [2.75, 3.05) is 32.8 Å². The zero-order valence-electron chi connectivity index (χ0n) is 13.0. The normalized spacial score (nSPS) is 37.2. The van der Waals surface area contributed by atoms with Gasteiger partial charge in [0.1, 0.15) is 0 Å². The van der Waals surface area contributed by atoms with Crippen LogP contribution in [0.15, 0.2) is 0 Å². The van der Waals surface area contributed by atoms with E-state index >= 15 is 0 Å². The molecule has 4 heteroatoms. The van der Waals surface area contributed by atoms with Gasteiger partial charge in [-0.3, -0.25) is 0 Å². The Morgan fingerprint density at radius 1 is 1.15 bits per heavy atom. The summed E-state index contributed by atoms with van der Waals surface area (Å²) < 4.78 is 5.60. The van der Waals surface area contributed by atoms with Gasteiger partial charge in [0.25, 0.3) is 0 Å². The van der Waals surface area contributed by atoms with Crippen LogP contribution in [0, 0.1) is 17.8 Å². The van der Waals surface area contributed by atoms with E-state index in [0.29, 0.717) is 30.5 Å². The van der Waals surface area contributed by atoms with E-state index in [2.05, 4.69) is 18.7 Å². The lowest BCUT2D eigenvalue weighted by atomic mass is 9.73. The molecule has 2 N–H and O–H groups in total. The Kier molecular flexibility index (Phi) is 6.27. The highest BCUT2D eigenvalue weighted by Gasteiger charge is 2.34. The smallest absolute Gasteiger partial charge is 0.0701 e. The van der Waals surface area contributed by atoms with Gasteiger partial charge in [-0.15, -0.1) is 0 Å². The molecule has 4 atom stereocenters. The monoisotopic (exact) mass is 285 g/mol. The van der Waals surface area contributed by atoms with Crippen LogP contribution in [0.4, 0.5) is 0 Å². The van der Waals surface area contributed by atoms with Gasteiger partial charge in [0, 0.05) is 25.6 Å². The van der Waals surface area contributed by atoms with E-state index in [1.54, 1.807) is 0 Å². The summed E-state index contributed by atoms with van der Waals surface area (Å²) in [5.41, 5.74) is 0. The van der Waals surface area contributed by atoms with Crippen molar-refractivity contribution >= 4 is 0 Å². The van der Waals surface area contributed by atoms with Crippen LogP contribution in [0.5, 0.6) is 0 Å². The molecule has 1 aliphatic carbocycles. The predicted octanol–water partition coefficient (Wildman–Crippen LogP) is 1.50. The number of aliphatic hydroxyl groups excluding tert-OH is 2. The topological polar surface area (TPSA) is 52.9 Å². The Hall–Kier alpha value is -0.160. The van der Waals surface area contributed by atoms with Gasteiger partial charge in [0.2, 0.25) is 0 Å². The van der Waals surface area contributed by atoms with Crippen LogP contribution in [-0.2, 0) is 4.74 Å². The molecule has 0 amide bonds. The van der Waals surface area contributed by atoms with Crippen molar-refractivity contribution in [3.63, 3.8) is 0 Å². The molecule has 0 aromatic carbocycles. The molecule has 118 valence electrons. The lowest BCUT2D eigenvalue weighted by Crippen LogP contribution is -2.46. The van der Waals surface area contributed by atoms with Crippen LogP contribution < -0.4 is 0 Å². The van der Waals surface area contributed by atoms with Gasteiger partial charge >= 0.3 is 0 Å². The molecule has 1 heterocycles. The molecule has 1 aliphatic heterocycles. The number of likely N-dealkylation sites (tertiary alicyclic amines) is 1. The third-order valence-corrected chi connectivity index (χ3v) is 5.09. The number of rotatable bonds is 5. The summed E-state index contributed by atoms with van der Waals surface area (Å²) >= 11 is 0. The molecule has 4 unspecified atom stereocenters. The van der Waals surface area contributed by atoms with Crippen molar-refractivity contribution in [3.8, 4) is 0 Å². The first kappa shape index (κ1) is 16.2. The number of aliphatic hydroxyl groups is 2. The largest absolute Gasteiger partial charge is 0.394 e. The zero-order valence-corrected chi connectivity index (χ0v) is 13.0. The maximum atomic E-state index is 10.3. The first-order valence-electron chi connectivity index (χ1n) is 8.23. The van der Waals surface area contributed by atoms with E-state index in [1.165, 1.54) is 6.42 Å². The highest BCUT2D eigenvalue weighted by molar-refractivity contribution is 4.86. The molecule has 20 heavy (non-hydrogen) atoms. The Morgan fingerprint density at radius 3 is 2.45 bits per heavy atom. The Morgan fingerprint density at radius 2 is 1.85 bits per heavy atom. The molecule has 0 radical (unpaired) electrons. The second-order valence-corrected chi connectivity index (χ2v) is 6.88. The average molecular weight is 285 g/mol. The third-order valence-electron chi connectivity index (χ3n) is 5.09. The average Bonchev–Trinajstić information content (AvgIpc) is 2.42. The van der Waals surface area contributed by atoms with Crippen LogP contribution in [-0.4, -0.2) is 60.2 Å². The Bertz CT molecular complexity index is 267. The van der Waals surface area contributed by atoms with E-state index in [-0.39, 0.29) is 12.7 Å². The third kappa shape index (κ3) is 4.42. The molecule has 2 rings (SSSR count).